The molecular weight excluding hydrogens is 392 g/mol. The fraction of sp³-hybridized carbons (Fsp3) is 0.333. The van der Waals surface area contributed by atoms with E-state index < -0.39 is 5.54 Å². The number of nitrogens with one attached hydrogen (secondary N) is 1. The van der Waals surface area contributed by atoms with Gasteiger partial charge in [-0.2, -0.15) is 0 Å². The predicted octanol–water partition coefficient (Wildman–Crippen LogP) is 3.68. The van der Waals surface area contributed by atoms with Crippen LogP contribution in [0.2, 0.25) is 0 Å². The van der Waals surface area contributed by atoms with E-state index in [9.17, 15) is 9.59 Å². The number of rotatable bonds is 4. The van der Waals surface area contributed by atoms with Crippen molar-refractivity contribution in [3.63, 3.8) is 0 Å². The van der Waals surface area contributed by atoms with Crippen LogP contribution >= 0.6 is 0 Å². The highest BCUT2D eigenvalue weighted by atomic mass is 16.5. The zero-order valence-electron chi connectivity index (χ0n) is 17.9. The van der Waals surface area contributed by atoms with Crippen LogP contribution in [0, 0.1) is 13.8 Å². The van der Waals surface area contributed by atoms with Gasteiger partial charge in [0, 0.05) is 37.1 Å². The Morgan fingerprint density at radius 2 is 1.94 bits per heavy atom. The largest absolute Gasteiger partial charge is 0.361 e. The molecule has 1 aliphatic heterocycles. The van der Waals surface area contributed by atoms with Crippen molar-refractivity contribution in [1.29, 1.82) is 0 Å². The highest BCUT2D eigenvalue weighted by Gasteiger charge is 2.46. The van der Waals surface area contributed by atoms with Gasteiger partial charge in [-0.15, -0.1) is 0 Å². The Balaban J connectivity index is 1.43. The van der Waals surface area contributed by atoms with Gasteiger partial charge in [0.2, 0.25) is 5.91 Å². The summed E-state index contributed by atoms with van der Waals surface area (Å²) in [6.45, 7) is 3.52. The minimum absolute atomic E-state index is 0.147. The van der Waals surface area contributed by atoms with E-state index in [1.54, 1.807) is 18.7 Å². The maximum Gasteiger partial charge on any atom is 0.257 e. The maximum atomic E-state index is 12.9. The van der Waals surface area contributed by atoms with E-state index in [0.29, 0.717) is 23.4 Å². The molecular formula is C24H24N4O3. The van der Waals surface area contributed by atoms with E-state index in [0.717, 1.165) is 47.2 Å². The Kier molecular flexibility index (Phi) is 4.43. The lowest BCUT2D eigenvalue weighted by Crippen LogP contribution is -2.35. The summed E-state index contributed by atoms with van der Waals surface area (Å²) in [7, 11) is 1.82. The summed E-state index contributed by atoms with van der Waals surface area (Å²) in [5.41, 5.74) is 5.87. The van der Waals surface area contributed by atoms with Gasteiger partial charge >= 0.3 is 0 Å². The van der Waals surface area contributed by atoms with Gasteiger partial charge in [-0.25, -0.2) is 0 Å². The Morgan fingerprint density at radius 1 is 1.13 bits per heavy atom. The highest BCUT2D eigenvalue weighted by molar-refractivity contribution is 5.97. The summed E-state index contributed by atoms with van der Waals surface area (Å²) in [6, 6.07) is 8.27. The van der Waals surface area contributed by atoms with Crippen LogP contribution in [0.25, 0.3) is 11.1 Å². The standard InChI is InChI=1S/C24H24N4O3/c1-14-22(15(2)31-27-14)23(30)26-24(8-9-24)19-11-18(12-25-13-19)16-4-6-20-17(10-16)5-7-21(29)28(20)3/h4,6,10-13H,5,7-9H2,1-3H3,(H,26,30). The number of benzene rings is 1. The second kappa shape index (κ2) is 7.04. The maximum absolute atomic E-state index is 12.9. The van der Waals surface area contributed by atoms with E-state index >= 15 is 0 Å². The molecule has 0 radical (unpaired) electrons. The lowest BCUT2D eigenvalue weighted by molar-refractivity contribution is -0.118. The van der Waals surface area contributed by atoms with Crippen molar-refractivity contribution >= 4 is 17.5 Å². The number of nitrogens with zero attached hydrogens (tertiary/aromatic N) is 3. The average Bonchev–Trinajstić information content (AvgIpc) is 3.47. The first-order chi connectivity index (χ1) is 14.9. The lowest BCUT2D eigenvalue weighted by atomic mass is 9.95. The summed E-state index contributed by atoms with van der Waals surface area (Å²) in [6.07, 6.45) is 6.68. The molecule has 2 aliphatic rings. The molecule has 5 rings (SSSR count). The van der Waals surface area contributed by atoms with Crippen LogP contribution in [0.15, 0.2) is 41.2 Å². The number of fused-ring (bicyclic) bond motifs is 1. The SMILES string of the molecule is Cc1noc(C)c1C(=O)NC1(c2cncc(-c3ccc4c(c3)CCC(=O)N4C)c2)CC1. The van der Waals surface area contributed by atoms with Crippen LogP contribution in [-0.4, -0.2) is 29.0 Å². The van der Waals surface area contributed by atoms with Crippen molar-refractivity contribution in [3.05, 3.63) is 64.8 Å². The van der Waals surface area contributed by atoms with Crippen LogP contribution in [0.4, 0.5) is 5.69 Å². The molecule has 2 aromatic heterocycles. The Hall–Kier alpha value is -3.48. The Morgan fingerprint density at radius 3 is 2.65 bits per heavy atom. The highest BCUT2D eigenvalue weighted by Crippen LogP contribution is 2.46. The normalized spacial score (nSPS) is 16.7. The van der Waals surface area contributed by atoms with Crippen LogP contribution in [-0.2, 0) is 16.8 Å². The van der Waals surface area contributed by atoms with Crippen LogP contribution in [0.5, 0.6) is 0 Å². The second-order valence-electron chi connectivity index (χ2n) is 8.49. The molecule has 7 nitrogen and oxygen atoms in total. The molecule has 0 saturated heterocycles. The third-order valence-electron chi connectivity index (χ3n) is 6.41. The first-order valence-corrected chi connectivity index (χ1v) is 10.5. The van der Waals surface area contributed by atoms with E-state index in [2.05, 4.69) is 27.6 Å². The molecule has 2 amide bonds. The van der Waals surface area contributed by atoms with Crippen molar-refractivity contribution in [3.8, 4) is 11.1 Å². The van der Waals surface area contributed by atoms with E-state index in [4.69, 9.17) is 4.52 Å². The molecule has 7 heteroatoms. The van der Waals surface area contributed by atoms with E-state index in [1.807, 2.05) is 31.6 Å². The Bertz CT molecular complexity index is 1190. The lowest BCUT2D eigenvalue weighted by Gasteiger charge is -2.26. The van der Waals surface area contributed by atoms with Gasteiger partial charge in [0.25, 0.3) is 5.91 Å². The topological polar surface area (TPSA) is 88.3 Å². The summed E-state index contributed by atoms with van der Waals surface area (Å²) in [5.74, 6) is 0.504. The van der Waals surface area contributed by atoms with Gasteiger partial charge in [-0.1, -0.05) is 11.2 Å². The zero-order valence-corrected chi connectivity index (χ0v) is 17.9. The van der Waals surface area contributed by atoms with E-state index in [-0.39, 0.29) is 11.8 Å². The minimum Gasteiger partial charge on any atom is -0.361 e. The number of aromatic nitrogens is 2. The van der Waals surface area contributed by atoms with Crippen LogP contribution in [0.3, 0.4) is 0 Å². The molecule has 1 fully saturated rings. The fourth-order valence-electron chi connectivity index (χ4n) is 4.39. The molecule has 3 aromatic rings. The molecule has 1 saturated carbocycles. The average molecular weight is 416 g/mol. The quantitative estimate of drug-likeness (QED) is 0.701. The van der Waals surface area contributed by atoms with Crippen molar-refractivity contribution in [2.45, 2.75) is 45.1 Å². The summed E-state index contributed by atoms with van der Waals surface area (Å²) >= 11 is 0. The number of carbonyl (C=O) groups excluding carboxylic acids is 2. The van der Waals surface area contributed by atoms with Gasteiger partial charge in [0.15, 0.2) is 0 Å². The van der Waals surface area contributed by atoms with Gasteiger partial charge in [-0.3, -0.25) is 14.6 Å². The molecule has 1 aromatic carbocycles. The molecule has 158 valence electrons. The van der Waals surface area contributed by atoms with Gasteiger partial charge in [-0.05, 0) is 68.0 Å². The van der Waals surface area contributed by atoms with Crippen molar-refractivity contribution < 1.29 is 14.1 Å². The number of hydrogen-bond donors (Lipinski definition) is 1. The summed E-state index contributed by atoms with van der Waals surface area (Å²) < 4.78 is 5.15. The third-order valence-corrected chi connectivity index (χ3v) is 6.41. The monoisotopic (exact) mass is 416 g/mol. The number of carbonyl (C=O) groups is 2. The van der Waals surface area contributed by atoms with Crippen molar-refractivity contribution in [2.24, 2.45) is 0 Å². The molecule has 1 N–H and O–H groups in total. The second-order valence-corrected chi connectivity index (χ2v) is 8.49. The van der Waals surface area contributed by atoms with Crippen LogP contribution in [0.1, 0.15) is 52.2 Å². The molecule has 0 atom stereocenters. The summed E-state index contributed by atoms with van der Waals surface area (Å²) in [5, 5.41) is 7.07. The smallest absolute Gasteiger partial charge is 0.257 e. The fourth-order valence-corrected chi connectivity index (χ4v) is 4.39. The van der Waals surface area contributed by atoms with E-state index in [1.165, 1.54) is 0 Å². The van der Waals surface area contributed by atoms with Gasteiger partial charge < -0.3 is 14.7 Å². The number of pyridine rings is 1. The number of anilines is 1. The number of amides is 2. The predicted molar refractivity (Wildman–Crippen MR) is 116 cm³/mol. The summed E-state index contributed by atoms with van der Waals surface area (Å²) in [4.78, 5) is 31.0. The molecule has 0 bridgehead atoms. The molecule has 1 aliphatic carbocycles. The first kappa shape index (κ1) is 19.5. The minimum atomic E-state index is -0.406. The van der Waals surface area contributed by atoms with Gasteiger partial charge in [0.1, 0.15) is 11.3 Å². The third kappa shape index (κ3) is 3.30. The number of hydrogen-bond acceptors (Lipinski definition) is 5. The molecule has 3 heterocycles. The molecule has 31 heavy (non-hydrogen) atoms. The number of aryl methyl sites for hydroxylation is 3. The Labute approximate surface area is 180 Å². The van der Waals surface area contributed by atoms with Crippen LogP contribution < -0.4 is 10.2 Å². The van der Waals surface area contributed by atoms with Gasteiger partial charge in [0.05, 0.1) is 11.2 Å². The van der Waals surface area contributed by atoms with Crippen molar-refractivity contribution in [1.82, 2.24) is 15.5 Å². The zero-order chi connectivity index (χ0) is 21.8. The van der Waals surface area contributed by atoms with Crippen molar-refractivity contribution in [2.75, 3.05) is 11.9 Å². The molecule has 0 spiro atoms. The first-order valence-electron chi connectivity index (χ1n) is 10.5. The molecule has 0 unspecified atom stereocenters.